The minimum atomic E-state index is -4.16. The molecule has 4 fully saturated rings. The first-order valence-corrected chi connectivity index (χ1v) is 13.8. The Balaban J connectivity index is 0.00000117. The van der Waals surface area contributed by atoms with Gasteiger partial charge in [-0.15, -0.1) is 0 Å². The van der Waals surface area contributed by atoms with Crippen LogP contribution in [0.2, 0.25) is 0 Å². The third-order valence-electron chi connectivity index (χ3n) is 8.67. The van der Waals surface area contributed by atoms with Gasteiger partial charge in [-0.3, -0.25) is 13.7 Å². The zero-order valence-corrected chi connectivity index (χ0v) is 19.1. The van der Waals surface area contributed by atoms with Gasteiger partial charge in [-0.25, -0.2) is 0 Å². The molecule has 0 radical (unpaired) electrons. The summed E-state index contributed by atoms with van der Waals surface area (Å²) in [4.78, 5) is 12.8. The van der Waals surface area contributed by atoms with Crippen LogP contribution in [-0.2, 0) is 13.9 Å². The highest BCUT2D eigenvalue weighted by Gasteiger charge is 2.58. The third kappa shape index (κ3) is 4.70. The molecule has 8 unspecified atom stereocenters. The zero-order valence-electron chi connectivity index (χ0n) is 17.4. The van der Waals surface area contributed by atoms with Crippen molar-refractivity contribution in [2.24, 2.45) is 40.9 Å². The summed E-state index contributed by atoms with van der Waals surface area (Å²) < 4.78 is 40.5. The molecule has 0 amide bonds. The lowest BCUT2D eigenvalue weighted by Crippen LogP contribution is -2.49. The van der Waals surface area contributed by atoms with Gasteiger partial charge in [-0.05, 0) is 92.8 Å². The van der Waals surface area contributed by atoms with Crippen LogP contribution >= 0.6 is 10.8 Å². The predicted molar refractivity (Wildman–Crippen MR) is 113 cm³/mol. The molecule has 2 N–H and O–H groups in total. The molecule has 0 spiro atoms. The number of aliphatic hydroxyl groups is 1. The molecule has 0 bridgehead atoms. The van der Waals surface area contributed by atoms with Gasteiger partial charge in [0.05, 0.1) is 19.0 Å². The minimum absolute atomic E-state index is 0.00412. The number of halogens is 1. The summed E-state index contributed by atoms with van der Waals surface area (Å²) in [6, 6.07) is 0. The summed E-state index contributed by atoms with van der Waals surface area (Å²) in [5.41, 5.74) is -0.0148. The van der Waals surface area contributed by atoms with E-state index in [1.165, 1.54) is 19.3 Å². The van der Waals surface area contributed by atoms with Gasteiger partial charge in [0, 0.05) is 16.7 Å². The van der Waals surface area contributed by atoms with E-state index in [0.717, 1.165) is 50.4 Å². The SMILES string of the molecule is CC12CCC3C4CCC(O)CC4CCC3C1CCC2C(=O)CSS(=O)(=O)O.CF. The van der Waals surface area contributed by atoms with E-state index in [9.17, 15) is 22.7 Å². The molecular formula is C21H35FO5S2. The van der Waals surface area contributed by atoms with Gasteiger partial charge in [0.1, 0.15) is 5.78 Å². The van der Waals surface area contributed by atoms with Crippen molar-refractivity contribution in [3.8, 4) is 0 Å². The number of ketones is 1. The number of rotatable bonds is 4. The molecule has 4 aliphatic carbocycles. The Bertz CT molecular complexity index is 699. The second-order valence-corrected chi connectivity index (χ2v) is 13.1. The predicted octanol–water partition coefficient (Wildman–Crippen LogP) is 4.31. The number of fused-ring (bicyclic) bond motifs is 5. The highest BCUT2D eigenvalue weighted by molar-refractivity contribution is 8.70. The van der Waals surface area contributed by atoms with Gasteiger partial charge in [0.25, 0.3) is 0 Å². The minimum Gasteiger partial charge on any atom is -0.393 e. The van der Waals surface area contributed by atoms with Crippen molar-refractivity contribution in [3.63, 3.8) is 0 Å². The van der Waals surface area contributed by atoms with Crippen LogP contribution in [0.15, 0.2) is 0 Å². The van der Waals surface area contributed by atoms with Gasteiger partial charge in [0.15, 0.2) is 0 Å². The smallest absolute Gasteiger partial charge is 0.320 e. The fourth-order valence-electron chi connectivity index (χ4n) is 7.59. The normalized spacial score (nSPS) is 44.0. The molecule has 0 aliphatic heterocycles. The van der Waals surface area contributed by atoms with Gasteiger partial charge in [-0.1, -0.05) is 6.92 Å². The highest BCUT2D eigenvalue weighted by Crippen LogP contribution is 2.64. The number of aliphatic hydroxyl groups excluding tert-OH is 1. The molecule has 29 heavy (non-hydrogen) atoms. The summed E-state index contributed by atoms with van der Waals surface area (Å²) in [6.07, 6.45) is 9.57. The molecule has 0 aromatic rings. The van der Waals surface area contributed by atoms with Crippen LogP contribution in [-0.4, -0.2) is 42.9 Å². The summed E-state index contributed by atoms with van der Waals surface area (Å²) in [5.74, 6) is 3.23. The Morgan fingerprint density at radius 1 is 1.03 bits per heavy atom. The van der Waals surface area contributed by atoms with E-state index in [-0.39, 0.29) is 29.0 Å². The lowest BCUT2D eigenvalue weighted by molar-refractivity contribution is -0.128. The maximum absolute atomic E-state index is 12.8. The number of alkyl halides is 1. The van der Waals surface area contributed by atoms with Crippen molar-refractivity contribution in [3.05, 3.63) is 0 Å². The number of Topliss-reactive ketones (excluding diaryl/α,β-unsaturated/α-hetero) is 1. The molecule has 0 aromatic carbocycles. The van der Waals surface area contributed by atoms with E-state index >= 15 is 0 Å². The molecule has 8 heteroatoms. The van der Waals surface area contributed by atoms with Crippen molar-refractivity contribution in [2.45, 2.75) is 70.8 Å². The maximum atomic E-state index is 12.8. The van der Waals surface area contributed by atoms with E-state index in [2.05, 4.69) is 6.92 Å². The molecule has 5 nitrogen and oxygen atoms in total. The van der Waals surface area contributed by atoms with Crippen LogP contribution < -0.4 is 0 Å². The summed E-state index contributed by atoms with van der Waals surface area (Å²) >= 11 is 0. The molecule has 4 aliphatic rings. The molecule has 4 saturated carbocycles. The fraction of sp³-hybridized carbons (Fsp3) is 0.952. The average Bonchev–Trinajstić information content (AvgIpc) is 3.04. The molecule has 0 saturated heterocycles. The molecular weight excluding hydrogens is 415 g/mol. The van der Waals surface area contributed by atoms with Crippen LogP contribution in [0.4, 0.5) is 4.39 Å². The van der Waals surface area contributed by atoms with Crippen LogP contribution in [0.5, 0.6) is 0 Å². The third-order valence-corrected chi connectivity index (χ3v) is 10.6. The van der Waals surface area contributed by atoms with Crippen LogP contribution in [0, 0.1) is 40.9 Å². The second kappa shape index (κ2) is 9.13. The fourth-order valence-corrected chi connectivity index (χ4v) is 8.85. The Hall–Kier alpha value is -0.180. The lowest BCUT2D eigenvalue weighted by atomic mass is 9.49. The largest absolute Gasteiger partial charge is 0.393 e. The van der Waals surface area contributed by atoms with Crippen molar-refractivity contribution in [1.82, 2.24) is 0 Å². The van der Waals surface area contributed by atoms with Gasteiger partial charge in [-0.2, -0.15) is 8.42 Å². The molecule has 8 atom stereocenters. The highest BCUT2D eigenvalue weighted by atomic mass is 33.1. The van der Waals surface area contributed by atoms with E-state index in [4.69, 9.17) is 4.55 Å². The number of hydrogen-bond donors (Lipinski definition) is 2. The van der Waals surface area contributed by atoms with Gasteiger partial charge in [0.2, 0.25) is 0 Å². The number of carbonyl (C=O) groups is 1. The van der Waals surface area contributed by atoms with Crippen LogP contribution in [0.1, 0.15) is 64.7 Å². The standard InChI is InChI=1S/C20H32O5S2.CH3F/c1-20-9-8-15-14-5-3-13(21)10-12(14)2-4-16(15)17(20)6-7-18(20)19(22)11-26-27(23,24)25;1-2/h12-18,21H,2-11H2,1H3,(H,23,24,25);1H3. The monoisotopic (exact) mass is 450 g/mol. The average molecular weight is 451 g/mol. The molecule has 0 aromatic heterocycles. The van der Waals surface area contributed by atoms with Crippen molar-refractivity contribution in [1.29, 1.82) is 0 Å². The van der Waals surface area contributed by atoms with Gasteiger partial charge >= 0.3 is 9.15 Å². The number of carbonyl (C=O) groups excluding carboxylic acids is 1. The number of hydrogen-bond acceptors (Lipinski definition) is 5. The van der Waals surface area contributed by atoms with E-state index in [1.54, 1.807) is 0 Å². The summed E-state index contributed by atoms with van der Waals surface area (Å²) in [6.45, 7) is 2.26. The van der Waals surface area contributed by atoms with Crippen molar-refractivity contribution in [2.75, 3.05) is 12.9 Å². The van der Waals surface area contributed by atoms with Crippen molar-refractivity contribution < 1.29 is 27.3 Å². The topological polar surface area (TPSA) is 91.7 Å². The van der Waals surface area contributed by atoms with Crippen LogP contribution in [0.3, 0.4) is 0 Å². The molecule has 168 valence electrons. The van der Waals surface area contributed by atoms with E-state index in [1.807, 2.05) is 0 Å². The lowest BCUT2D eigenvalue weighted by Gasteiger charge is -2.56. The Kier molecular flexibility index (Phi) is 7.39. The zero-order chi connectivity index (χ0) is 21.4. The summed E-state index contributed by atoms with van der Waals surface area (Å²) in [7, 11) is -3.30. The maximum Gasteiger partial charge on any atom is 0.320 e. The first kappa shape index (κ1) is 23.5. The Labute approximate surface area is 177 Å². The van der Waals surface area contributed by atoms with Gasteiger partial charge < -0.3 is 5.11 Å². The molecule has 4 rings (SSSR count). The quantitative estimate of drug-likeness (QED) is 0.490. The van der Waals surface area contributed by atoms with Crippen LogP contribution in [0.25, 0.3) is 0 Å². The Morgan fingerprint density at radius 3 is 2.41 bits per heavy atom. The molecule has 0 heterocycles. The first-order valence-electron chi connectivity index (χ1n) is 10.9. The van der Waals surface area contributed by atoms with Crippen molar-refractivity contribution >= 4 is 25.7 Å². The van der Waals surface area contributed by atoms with E-state index in [0.29, 0.717) is 35.7 Å². The Morgan fingerprint density at radius 2 is 1.72 bits per heavy atom. The van der Waals surface area contributed by atoms with E-state index < -0.39 is 9.15 Å². The first-order chi connectivity index (χ1) is 13.7. The summed E-state index contributed by atoms with van der Waals surface area (Å²) in [5, 5.41) is 10.0. The second-order valence-electron chi connectivity index (χ2n) is 9.73.